The summed E-state index contributed by atoms with van der Waals surface area (Å²) in [6.07, 6.45) is 0.765. The van der Waals surface area contributed by atoms with Gasteiger partial charge in [-0.25, -0.2) is 0 Å². The monoisotopic (exact) mass is 325 g/mol. The Balaban J connectivity index is 2.24. The zero-order chi connectivity index (χ0) is 13.8. The molecule has 1 atom stereocenters. The molecular formula is C15H20BrNO2. The van der Waals surface area contributed by atoms with Gasteiger partial charge < -0.3 is 9.64 Å². The molecule has 0 bridgehead atoms. The normalized spacial score (nSPS) is 17.8. The Bertz CT molecular complexity index is 448. The second-order valence-corrected chi connectivity index (χ2v) is 5.83. The van der Waals surface area contributed by atoms with Crippen LogP contribution >= 0.6 is 15.9 Å². The third-order valence-corrected chi connectivity index (χ3v) is 3.84. The summed E-state index contributed by atoms with van der Waals surface area (Å²) in [6.45, 7) is 5.49. The van der Waals surface area contributed by atoms with E-state index < -0.39 is 0 Å². The van der Waals surface area contributed by atoms with Gasteiger partial charge in [0.2, 0.25) is 5.91 Å². The van der Waals surface area contributed by atoms with Crippen molar-refractivity contribution >= 4 is 21.8 Å². The number of carbonyl (C=O) groups excluding carboxylic acids is 1. The molecule has 0 N–H and O–H groups in total. The van der Waals surface area contributed by atoms with Crippen LogP contribution in [-0.4, -0.2) is 35.3 Å². The lowest BCUT2D eigenvalue weighted by Gasteiger charge is -2.33. The number of rotatable bonds is 4. The van der Waals surface area contributed by atoms with Gasteiger partial charge in [0.1, 0.15) is 5.75 Å². The molecule has 1 heterocycles. The molecule has 4 heteroatoms. The largest absolute Gasteiger partial charge is 0.493 e. The van der Waals surface area contributed by atoms with Crippen LogP contribution in [0.3, 0.4) is 0 Å². The lowest BCUT2D eigenvalue weighted by Crippen LogP contribution is -2.42. The molecule has 19 heavy (non-hydrogen) atoms. The van der Waals surface area contributed by atoms with E-state index in [1.54, 1.807) is 0 Å². The summed E-state index contributed by atoms with van der Waals surface area (Å²) >= 11 is 3.42. The lowest BCUT2D eigenvalue weighted by molar-refractivity contribution is -0.134. The van der Waals surface area contributed by atoms with Gasteiger partial charge in [-0.1, -0.05) is 34.1 Å². The number of hydrogen-bond donors (Lipinski definition) is 0. The van der Waals surface area contributed by atoms with Crippen molar-refractivity contribution in [1.82, 2.24) is 4.90 Å². The van der Waals surface area contributed by atoms with E-state index in [4.69, 9.17) is 4.74 Å². The molecule has 104 valence electrons. The molecule has 0 spiro atoms. The van der Waals surface area contributed by atoms with E-state index in [1.807, 2.05) is 29.2 Å². The fourth-order valence-electron chi connectivity index (χ4n) is 2.51. The van der Waals surface area contributed by atoms with Crippen LogP contribution in [0.15, 0.2) is 24.3 Å². The van der Waals surface area contributed by atoms with Gasteiger partial charge in [-0.2, -0.15) is 0 Å². The third-order valence-electron chi connectivity index (χ3n) is 3.49. The van der Waals surface area contributed by atoms with Gasteiger partial charge in [-0.15, -0.1) is 0 Å². The molecule has 1 aliphatic rings. The molecule has 0 aromatic heterocycles. The zero-order valence-corrected chi connectivity index (χ0v) is 13.0. The van der Waals surface area contributed by atoms with Gasteiger partial charge in [0.25, 0.3) is 0 Å². The lowest BCUT2D eigenvalue weighted by atomic mass is 9.91. The maximum atomic E-state index is 12.7. The number of amides is 1. The average Bonchev–Trinajstić information content (AvgIpc) is 2.43. The van der Waals surface area contributed by atoms with E-state index in [0.717, 1.165) is 29.6 Å². The molecule has 0 radical (unpaired) electrons. The first-order valence-corrected chi connectivity index (χ1v) is 7.85. The summed E-state index contributed by atoms with van der Waals surface area (Å²) in [5.41, 5.74) is 1.03. The number of ether oxygens (including phenoxy) is 1. The van der Waals surface area contributed by atoms with Crippen LogP contribution < -0.4 is 4.74 Å². The second kappa shape index (κ2) is 6.42. The van der Waals surface area contributed by atoms with Gasteiger partial charge in [0, 0.05) is 23.5 Å². The van der Waals surface area contributed by atoms with E-state index in [9.17, 15) is 4.79 Å². The summed E-state index contributed by atoms with van der Waals surface area (Å²) in [5, 5.41) is 0.807. The van der Waals surface area contributed by atoms with Crippen molar-refractivity contribution in [3.8, 4) is 5.75 Å². The van der Waals surface area contributed by atoms with Crippen molar-refractivity contribution in [2.45, 2.75) is 32.2 Å². The molecule has 1 aromatic carbocycles. The minimum Gasteiger partial charge on any atom is -0.493 e. The summed E-state index contributed by atoms with van der Waals surface area (Å²) in [5.74, 6) is 1.01. The van der Waals surface area contributed by atoms with Crippen LogP contribution in [0, 0.1) is 0 Å². The van der Waals surface area contributed by atoms with Crippen molar-refractivity contribution < 1.29 is 9.53 Å². The maximum Gasteiger partial charge on any atom is 0.230 e. The molecule has 0 fully saturated rings. The van der Waals surface area contributed by atoms with Crippen molar-refractivity contribution in [2.75, 3.05) is 18.5 Å². The first-order chi connectivity index (χ1) is 9.15. The molecule has 1 aliphatic heterocycles. The second-order valence-electron chi connectivity index (χ2n) is 5.04. The number of halogens is 1. The van der Waals surface area contributed by atoms with Crippen molar-refractivity contribution in [3.63, 3.8) is 0 Å². The van der Waals surface area contributed by atoms with Gasteiger partial charge >= 0.3 is 0 Å². The first kappa shape index (κ1) is 14.4. The van der Waals surface area contributed by atoms with Gasteiger partial charge in [-0.05, 0) is 26.3 Å². The number of nitrogens with zero attached hydrogens (tertiary/aromatic N) is 1. The van der Waals surface area contributed by atoms with Gasteiger partial charge in [-0.3, -0.25) is 4.79 Å². The number of carbonyl (C=O) groups is 1. The fourth-order valence-corrected chi connectivity index (χ4v) is 2.89. The molecule has 1 aromatic rings. The minimum absolute atomic E-state index is 0.0635. The van der Waals surface area contributed by atoms with E-state index in [2.05, 4.69) is 29.8 Å². The van der Waals surface area contributed by atoms with Crippen LogP contribution in [0.4, 0.5) is 0 Å². The average molecular weight is 326 g/mol. The summed E-state index contributed by atoms with van der Waals surface area (Å²) in [4.78, 5) is 14.7. The highest BCUT2D eigenvalue weighted by molar-refractivity contribution is 9.09. The highest BCUT2D eigenvalue weighted by atomic mass is 79.9. The minimum atomic E-state index is -0.0635. The number of benzene rings is 1. The highest BCUT2D eigenvalue weighted by Gasteiger charge is 2.31. The maximum absolute atomic E-state index is 12.7. The van der Waals surface area contributed by atoms with Crippen LogP contribution in [-0.2, 0) is 4.79 Å². The number of para-hydroxylation sites is 1. The Morgan fingerprint density at radius 1 is 1.47 bits per heavy atom. The fraction of sp³-hybridized carbons (Fsp3) is 0.533. The Hall–Kier alpha value is -1.03. The third kappa shape index (κ3) is 3.11. The van der Waals surface area contributed by atoms with E-state index in [0.29, 0.717) is 6.61 Å². The van der Waals surface area contributed by atoms with Crippen LogP contribution in [0.5, 0.6) is 5.75 Å². The Morgan fingerprint density at radius 2 is 2.21 bits per heavy atom. The van der Waals surface area contributed by atoms with Crippen molar-refractivity contribution in [2.24, 2.45) is 0 Å². The van der Waals surface area contributed by atoms with E-state index in [-0.39, 0.29) is 17.9 Å². The first-order valence-electron chi connectivity index (χ1n) is 6.73. The molecule has 0 aliphatic carbocycles. The molecule has 1 unspecified atom stereocenters. The van der Waals surface area contributed by atoms with Crippen LogP contribution in [0.25, 0.3) is 0 Å². The Kier molecular flexibility index (Phi) is 4.86. The zero-order valence-electron chi connectivity index (χ0n) is 11.4. The van der Waals surface area contributed by atoms with E-state index >= 15 is 0 Å². The van der Waals surface area contributed by atoms with Crippen molar-refractivity contribution in [3.05, 3.63) is 29.8 Å². The standard InChI is InChI=1S/C15H20BrNO2/c1-11(2)17(9-8-16)15(18)13-7-10-19-14-6-4-3-5-12(13)14/h3-6,11,13H,7-10H2,1-2H3. The Labute approximate surface area is 123 Å². The number of hydrogen-bond acceptors (Lipinski definition) is 2. The van der Waals surface area contributed by atoms with Crippen LogP contribution in [0.2, 0.25) is 0 Å². The number of fused-ring (bicyclic) bond motifs is 1. The molecule has 0 saturated heterocycles. The SMILES string of the molecule is CC(C)N(CCBr)C(=O)C1CCOc2ccccc21. The summed E-state index contributed by atoms with van der Waals surface area (Å²) < 4.78 is 5.62. The predicted octanol–water partition coefficient (Wildman–Crippen LogP) is 3.18. The van der Waals surface area contributed by atoms with Crippen molar-refractivity contribution in [1.29, 1.82) is 0 Å². The highest BCUT2D eigenvalue weighted by Crippen LogP contribution is 2.34. The summed E-state index contributed by atoms with van der Waals surface area (Å²) in [6, 6.07) is 8.09. The molecule has 0 saturated carbocycles. The molecule has 2 rings (SSSR count). The smallest absolute Gasteiger partial charge is 0.230 e. The topological polar surface area (TPSA) is 29.5 Å². The molecule has 3 nitrogen and oxygen atoms in total. The quantitative estimate of drug-likeness (QED) is 0.796. The molecular weight excluding hydrogens is 306 g/mol. The van der Waals surface area contributed by atoms with Gasteiger partial charge in [0.05, 0.1) is 12.5 Å². The molecule has 1 amide bonds. The number of alkyl halides is 1. The predicted molar refractivity (Wildman–Crippen MR) is 79.9 cm³/mol. The summed E-state index contributed by atoms with van der Waals surface area (Å²) in [7, 11) is 0. The van der Waals surface area contributed by atoms with Crippen LogP contribution in [0.1, 0.15) is 31.7 Å². The Morgan fingerprint density at radius 3 is 2.89 bits per heavy atom. The van der Waals surface area contributed by atoms with Gasteiger partial charge in [0.15, 0.2) is 0 Å². The van der Waals surface area contributed by atoms with E-state index in [1.165, 1.54) is 0 Å².